The third-order valence-electron chi connectivity index (χ3n) is 1.68. The van der Waals surface area contributed by atoms with Gasteiger partial charge in [0.05, 0.1) is 10.4 Å². The van der Waals surface area contributed by atoms with E-state index in [0.29, 0.717) is 10.8 Å². The number of halogens is 1. The molecule has 0 spiro atoms. The van der Waals surface area contributed by atoms with Gasteiger partial charge in [0.1, 0.15) is 5.82 Å². The molecule has 0 radical (unpaired) electrons. The van der Waals surface area contributed by atoms with Crippen molar-refractivity contribution in [2.45, 2.75) is 0 Å². The predicted octanol–water partition coefficient (Wildman–Crippen LogP) is 3.05. The Morgan fingerprint density at radius 2 is 2.23 bits per heavy atom. The van der Waals surface area contributed by atoms with Crippen LogP contribution in [0.15, 0.2) is 29.8 Å². The summed E-state index contributed by atoms with van der Waals surface area (Å²) in [4.78, 5) is 4.95. The lowest BCUT2D eigenvalue weighted by atomic mass is 10.2. The van der Waals surface area contributed by atoms with Crippen molar-refractivity contribution >= 4 is 28.8 Å². The van der Waals surface area contributed by atoms with Gasteiger partial charge in [-0.3, -0.25) is 0 Å². The Bertz CT molecular complexity index is 425. The summed E-state index contributed by atoms with van der Waals surface area (Å²) in [6.07, 6.45) is 0. The van der Waals surface area contributed by atoms with Crippen LogP contribution >= 0.6 is 22.9 Å². The molecule has 13 heavy (non-hydrogen) atoms. The number of hydrogen-bond acceptors (Lipinski definition) is 3. The summed E-state index contributed by atoms with van der Waals surface area (Å²) in [5, 5.41) is 0.713. The van der Waals surface area contributed by atoms with Gasteiger partial charge in [-0.05, 0) is 17.7 Å². The summed E-state index contributed by atoms with van der Waals surface area (Å²) < 4.78 is 0. The predicted molar refractivity (Wildman–Crippen MR) is 57.0 cm³/mol. The number of benzene rings is 1. The average Bonchev–Trinajstić information content (AvgIpc) is 2.51. The van der Waals surface area contributed by atoms with Crippen LogP contribution in [0.5, 0.6) is 0 Å². The van der Waals surface area contributed by atoms with E-state index < -0.39 is 0 Å². The molecular weight excluding hydrogens is 204 g/mol. The van der Waals surface area contributed by atoms with Crippen molar-refractivity contribution in [3.63, 3.8) is 0 Å². The number of nitrogens with zero attached hydrogens (tertiary/aromatic N) is 1. The van der Waals surface area contributed by atoms with Gasteiger partial charge in [-0.25, -0.2) is 4.98 Å². The molecule has 66 valence electrons. The topological polar surface area (TPSA) is 38.9 Å². The summed E-state index contributed by atoms with van der Waals surface area (Å²) in [6, 6.07) is 7.58. The van der Waals surface area contributed by atoms with Gasteiger partial charge < -0.3 is 5.73 Å². The van der Waals surface area contributed by atoms with Gasteiger partial charge in [-0.15, -0.1) is 11.3 Å². The number of nitrogens with two attached hydrogens (primary N) is 1. The highest BCUT2D eigenvalue weighted by molar-refractivity contribution is 7.13. The van der Waals surface area contributed by atoms with Gasteiger partial charge in [0.2, 0.25) is 0 Å². The monoisotopic (exact) mass is 210 g/mol. The molecular formula is C9H7ClN2S. The first-order valence-corrected chi connectivity index (χ1v) is 4.98. The molecule has 0 unspecified atom stereocenters. The van der Waals surface area contributed by atoms with E-state index in [2.05, 4.69) is 4.98 Å². The third kappa shape index (κ3) is 1.66. The quantitative estimate of drug-likeness (QED) is 0.786. The van der Waals surface area contributed by atoms with Crippen LogP contribution in [0.4, 0.5) is 5.82 Å². The van der Waals surface area contributed by atoms with Crippen molar-refractivity contribution < 1.29 is 0 Å². The first kappa shape index (κ1) is 8.53. The molecule has 4 heteroatoms. The average molecular weight is 211 g/mol. The zero-order chi connectivity index (χ0) is 9.26. The number of anilines is 1. The smallest absolute Gasteiger partial charge is 0.142 e. The fraction of sp³-hybridized carbons (Fsp3) is 0. The second-order valence-corrected chi connectivity index (χ2v) is 3.87. The molecule has 1 heterocycles. The molecule has 0 aliphatic heterocycles. The van der Waals surface area contributed by atoms with Gasteiger partial charge in [0, 0.05) is 5.02 Å². The van der Waals surface area contributed by atoms with Crippen molar-refractivity contribution in [1.82, 2.24) is 4.98 Å². The third-order valence-corrected chi connectivity index (χ3v) is 2.81. The fourth-order valence-corrected chi connectivity index (χ4v) is 2.00. The van der Waals surface area contributed by atoms with E-state index in [4.69, 9.17) is 17.3 Å². The minimum atomic E-state index is 0.562. The Balaban J connectivity index is 2.53. The molecule has 0 amide bonds. The minimum absolute atomic E-state index is 0.562. The van der Waals surface area contributed by atoms with Crippen LogP contribution in [0.2, 0.25) is 5.02 Å². The summed E-state index contributed by atoms with van der Waals surface area (Å²) >= 11 is 7.37. The van der Waals surface area contributed by atoms with Crippen LogP contribution in [0, 0.1) is 0 Å². The molecule has 0 saturated carbocycles. The van der Waals surface area contributed by atoms with Gasteiger partial charge in [-0.1, -0.05) is 23.7 Å². The maximum absolute atomic E-state index is 5.86. The molecule has 0 bridgehead atoms. The lowest BCUT2D eigenvalue weighted by Gasteiger charge is -1.98. The largest absolute Gasteiger partial charge is 0.382 e. The summed E-state index contributed by atoms with van der Waals surface area (Å²) in [5.74, 6) is 0.562. The molecule has 0 atom stereocenters. The maximum atomic E-state index is 5.86. The second-order valence-electron chi connectivity index (χ2n) is 2.58. The van der Waals surface area contributed by atoms with E-state index in [1.807, 2.05) is 24.3 Å². The highest BCUT2D eigenvalue weighted by atomic mass is 35.5. The van der Waals surface area contributed by atoms with Crippen LogP contribution in [0.3, 0.4) is 0 Å². The number of aromatic nitrogens is 1. The highest BCUT2D eigenvalue weighted by Gasteiger charge is 2.04. The van der Waals surface area contributed by atoms with Gasteiger partial charge >= 0.3 is 0 Å². The first-order chi connectivity index (χ1) is 6.27. The van der Waals surface area contributed by atoms with Gasteiger partial charge in [-0.2, -0.15) is 0 Å². The standard InChI is InChI=1S/C9H7ClN2S/c10-7-3-1-2-6(4-7)8-9(11)12-5-13-8/h1-5H,11H2. The Hall–Kier alpha value is -1.06. The Morgan fingerprint density at radius 3 is 2.85 bits per heavy atom. The molecule has 1 aromatic heterocycles. The number of hydrogen-bond donors (Lipinski definition) is 1. The molecule has 2 N–H and O–H groups in total. The minimum Gasteiger partial charge on any atom is -0.382 e. The molecule has 2 aromatic rings. The Morgan fingerprint density at radius 1 is 1.38 bits per heavy atom. The van der Waals surface area contributed by atoms with Crippen LogP contribution < -0.4 is 5.73 Å². The highest BCUT2D eigenvalue weighted by Crippen LogP contribution is 2.30. The Labute approximate surface area is 85.0 Å². The maximum Gasteiger partial charge on any atom is 0.142 e. The SMILES string of the molecule is Nc1ncsc1-c1cccc(Cl)c1. The zero-order valence-corrected chi connectivity index (χ0v) is 8.27. The second kappa shape index (κ2) is 3.36. The van der Waals surface area contributed by atoms with Crippen LogP contribution in [0.25, 0.3) is 10.4 Å². The molecule has 0 fully saturated rings. The summed E-state index contributed by atoms with van der Waals surface area (Å²) in [5.41, 5.74) is 8.43. The molecule has 2 nitrogen and oxygen atoms in total. The van der Waals surface area contributed by atoms with Gasteiger partial charge in [0.25, 0.3) is 0 Å². The Kier molecular flexibility index (Phi) is 2.20. The van der Waals surface area contributed by atoms with E-state index in [9.17, 15) is 0 Å². The van der Waals surface area contributed by atoms with Crippen molar-refractivity contribution in [2.75, 3.05) is 5.73 Å². The summed E-state index contributed by atoms with van der Waals surface area (Å²) in [6.45, 7) is 0. The number of rotatable bonds is 1. The van der Waals surface area contributed by atoms with Crippen molar-refractivity contribution in [3.05, 3.63) is 34.8 Å². The lowest BCUT2D eigenvalue weighted by Crippen LogP contribution is -1.86. The van der Waals surface area contributed by atoms with E-state index >= 15 is 0 Å². The van der Waals surface area contributed by atoms with Crippen molar-refractivity contribution in [2.24, 2.45) is 0 Å². The van der Waals surface area contributed by atoms with Crippen LogP contribution in [0.1, 0.15) is 0 Å². The molecule has 0 saturated heterocycles. The van der Waals surface area contributed by atoms with E-state index in [1.54, 1.807) is 5.51 Å². The van der Waals surface area contributed by atoms with E-state index in [-0.39, 0.29) is 0 Å². The van der Waals surface area contributed by atoms with E-state index in [1.165, 1.54) is 11.3 Å². The van der Waals surface area contributed by atoms with Crippen LogP contribution in [-0.2, 0) is 0 Å². The first-order valence-electron chi connectivity index (χ1n) is 3.72. The lowest BCUT2D eigenvalue weighted by molar-refractivity contribution is 1.42. The number of nitrogen functional groups attached to an aromatic ring is 1. The van der Waals surface area contributed by atoms with Crippen LogP contribution in [-0.4, -0.2) is 4.98 Å². The van der Waals surface area contributed by atoms with Crippen molar-refractivity contribution in [3.8, 4) is 10.4 Å². The molecule has 1 aromatic carbocycles. The normalized spacial score (nSPS) is 10.2. The molecule has 2 rings (SSSR count). The molecule has 0 aliphatic carbocycles. The van der Waals surface area contributed by atoms with Crippen molar-refractivity contribution in [1.29, 1.82) is 0 Å². The van der Waals surface area contributed by atoms with Gasteiger partial charge in [0.15, 0.2) is 0 Å². The zero-order valence-electron chi connectivity index (χ0n) is 6.70. The summed E-state index contributed by atoms with van der Waals surface area (Å²) in [7, 11) is 0. The fourth-order valence-electron chi connectivity index (χ4n) is 1.10. The van der Waals surface area contributed by atoms with E-state index in [0.717, 1.165) is 10.4 Å². The molecule has 0 aliphatic rings. The number of thiazole rings is 1.